The molecule has 0 aliphatic carbocycles. The Balaban J connectivity index is 4.23. The van der Waals surface area contributed by atoms with Gasteiger partial charge in [0, 0.05) is 0 Å². The zero-order valence-corrected chi connectivity index (χ0v) is 7.97. The van der Waals surface area contributed by atoms with E-state index in [2.05, 4.69) is 0 Å². The molecule has 0 aliphatic rings. The number of hydrazine groups is 1. The highest BCUT2D eigenvalue weighted by molar-refractivity contribution is 5.67. The number of hydrogen-bond donors (Lipinski definition) is 2. The topological polar surface area (TPSA) is 64.3 Å². The fourth-order valence-electron chi connectivity index (χ4n) is 0.993. The highest BCUT2D eigenvalue weighted by Gasteiger charge is 2.18. The molecule has 3 N–H and O–H groups in total. The van der Waals surface area contributed by atoms with Crippen LogP contribution in [0.25, 0.3) is 0 Å². The molecule has 70 valence electrons. The molecule has 0 aromatic heterocycles. The van der Waals surface area contributed by atoms with Crippen molar-refractivity contribution in [1.82, 2.24) is 5.43 Å². The summed E-state index contributed by atoms with van der Waals surface area (Å²) in [7, 11) is 0. The van der Waals surface area contributed by atoms with E-state index in [4.69, 9.17) is 10.6 Å². The second kappa shape index (κ2) is 4.11. The first kappa shape index (κ1) is 11.0. The predicted molar refractivity (Wildman–Crippen MR) is 47.3 cm³/mol. The highest BCUT2D eigenvalue weighted by Crippen LogP contribution is 2.13. The molecule has 0 aromatic rings. The number of carbonyl (C=O) groups is 1. The van der Waals surface area contributed by atoms with E-state index < -0.39 is 11.7 Å². The van der Waals surface area contributed by atoms with Crippen LogP contribution in [0.3, 0.4) is 0 Å². The maximum absolute atomic E-state index is 10.7. The summed E-state index contributed by atoms with van der Waals surface area (Å²) in [5.41, 5.74) is 2.38. The lowest BCUT2D eigenvalue weighted by Crippen LogP contribution is -2.37. The lowest BCUT2D eigenvalue weighted by atomic mass is 10.1. The van der Waals surface area contributed by atoms with Crippen LogP contribution in [0.15, 0.2) is 11.6 Å². The first-order chi connectivity index (χ1) is 5.37. The van der Waals surface area contributed by atoms with Crippen molar-refractivity contribution in [2.75, 3.05) is 0 Å². The zero-order valence-electron chi connectivity index (χ0n) is 7.97. The summed E-state index contributed by atoms with van der Waals surface area (Å²) in [6.45, 7) is 7.45. The third-order valence-electron chi connectivity index (χ3n) is 1.11. The van der Waals surface area contributed by atoms with Crippen molar-refractivity contribution in [2.45, 2.75) is 33.3 Å². The molecule has 0 atom stereocenters. The monoisotopic (exact) mass is 172 g/mol. The average Bonchev–Trinajstić information content (AvgIpc) is 1.83. The number of nitrogens with one attached hydrogen (secondary N) is 1. The van der Waals surface area contributed by atoms with Crippen LogP contribution in [-0.4, -0.2) is 11.7 Å². The molecule has 0 fully saturated rings. The van der Waals surface area contributed by atoms with Crippen LogP contribution in [0.1, 0.15) is 27.7 Å². The van der Waals surface area contributed by atoms with E-state index >= 15 is 0 Å². The number of allylic oxidation sites excluding steroid dienone is 1. The molecule has 0 saturated carbocycles. The van der Waals surface area contributed by atoms with E-state index in [1.165, 1.54) is 0 Å². The Kier molecular flexibility index (Phi) is 3.76. The highest BCUT2D eigenvalue weighted by atomic mass is 16.6. The van der Waals surface area contributed by atoms with Crippen molar-refractivity contribution < 1.29 is 9.53 Å². The van der Waals surface area contributed by atoms with Crippen molar-refractivity contribution in [3.8, 4) is 0 Å². The minimum absolute atomic E-state index is 0.609. The minimum atomic E-state index is -0.627. The van der Waals surface area contributed by atoms with Crippen LogP contribution in [0, 0.1) is 0 Å². The first-order valence-corrected chi connectivity index (χ1v) is 3.73. The van der Waals surface area contributed by atoms with Gasteiger partial charge in [-0.1, -0.05) is 5.57 Å². The number of hydrogen-bond acceptors (Lipinski definition) is 3. The molecule has 4 heteroatoms. The van der Waals surface area contributed by atoms with Crippen molar-refractivity contribution in [3.05, 3.63) is 11.6 Å². The van der Waals surface area contributed by atoms with Crippen LogP contribution in [0.4, 0.5) is 4.79 Å². The third kappa shape index (κ3) is 4.73. The molecule has 0 heterocycles. The Labute approximate surface area is 72.7 Å². The van der Waals surface area contributed by atoms with E-state index in [0.29, 0.717) is 0 Å². The van der Waals surface area contributed by atoms with Gasteiger partial charge >= 0.3 is 6.09 Å². The van der Waals surface area contributed by atoms with Crippen molar-refractivity contribution in [1.29, 1.82) is 0 Å². The first-order valence-electron chi connectivity index (χ1n) is 3.73. The van der Waals surface area contributed by atoms with Crippen molar-refractivity contribution in [2.24, 2.45) is 5.84 Å². The molecule has 4 nitrogen and oxygen atoms in total. The van der Waals surface area contributed by atoms with Crippen LogP contribution < -0.4 is 11.3 Å². The van der Waals surface area contributed by atoms with Gasteiger partial charge in [0.05, 0.1) is 0 Å². The van der Waals surface area contributed by atoms with Gasteiger partial charge < -0.3 is 4.74 Å². The summed E-state index contributed by atoms with van der Waals surface area (Å²) < 4.78 is 4.95. The fraction of sp³-hybridized carbons (Fsp3) is 0.625. The minimum Gasteiger partial charge on any atom is -0.438 e. The Hall–Kier alpha value is -1.03. The number of ether oxygens (including phenoxy) is 1. The van der Waals surface area contributed by atoms with Crippen LogP contribution in [0.2, 0.25) is 0 Å². The lowest BCUT2D eigenvalue weighted by Gasteiger charge is -2.21. The summed E-state index contributed by atoms with van der Waals surface area (Å²) in [4.78, 5) is 10.7. The fourth-order valence-corrected chi connectivity index (χ4v) is 0.993. The van der Waals surface area contributed by atoms with Gasteiger partial charge in [0.2, 0.25) is 0 Å². The number of rotatable bonds is 2. The summed E-state index contributed by atoms with van der Waals surface area (Å²) in [6.07, 6.45) is 1.22. The Morgan fingerprint density at radius 2 is 2.00 bits per heavy atom. The summed E-state index contributed by atoms with van der Waals surface area (Å²) in [6, 6.07) is 0. The normalized spacial score (nSPS) is 10.4. The van der Waals surface area contributed by atoms with Crippen LogP contribution >= 0.6 is 0 Å². The Morgan fingerprint density at radius 1 is 1.50 bits per heavy atom. The molecule has 1 amide bonds. The molecule has 0 bridgehead atoms. The zero-order chi connectivity index (χ0) is 9.78. The number of nitrogens with two attached hydrogens (primary N) is 1. The van der Waals surface area contributed by atoms with E-state index in [-0.39, 0.29) is 0 Å². The second-order valence-corrected chi connectivity index (χ2v) is 3.36. The molecule has 0 aromatic carbocycles. The van der Waals surface area contributed by atoms with Gasteiger partial charge in [0.25, 0.3) is 0 Å². The molecule has 0 aliphatic heterocycles. The van der Waals surface area contributed by atoms with Gasteiger partial charge in [-0.25, -0.2) is 10.6 Å². The van der Waals surface area contributed by atoms with Gasteiger partial charge in [0.1, 0.15) is 5.60 Å². The quantitative estimate of drug-likeness (QED) is 0.286. The third-order valence-corrected chi connectivity index (χ3v) is 1.11. The van der Waals surface area contributed by atoms with Crippen molar-refractivity contribution in [3.63, 3.8) is 0 Å². The summed E-state index contributed by atoms with van der Waals surface area (Å²) >= 11 is 0. The second-order valence-electron chi connectivity index (χ2n) is 3.36. The molecular weight excluding hydrogens is 156 g/mol. The Bertz CT molecular complexity index is 193. The molecule has 0 rings (SSSR count). The lowest BCUT2D eigenvalue weighted by molar-refractivity contribution is 0.0717. The average molecular weight is 172 g/mol. The maximum Gasteiger partial charge on any atom is 0.422 e. The van der Waals surface area contributed by atoms with E-state index in [1.54, 1.807) is 13.8 Å². The van der Waals surface area contributed by atoms with Gasteiger partial charge in [-0.3, -0.25) is 5.43 Å². The van der Waals surface area contributed by atoms with E-state index in [9.17, 15) is 4.79 Å². The Morgan fingerprint density at radius 3 is 2.33 bits per heavy atom. The predicted octanol–water partition coefficient (Wildman–Crippen LogP) is 1.33. The van der Waals surface area contributed by atoms with E-state index in [0.717, 1.165) is 5.57 Å². The molecule has 0 saturated heterocycles. The summed E-state index contributed by atoms with van der Waals surface area (Å²) in [5.74, 6) is 4.86. The standard InChI is InChI=1S/C8H16N2O2/c1-6(2)5-8(3,4)12-7(11)10-9/h5H,9H2,1-4H3,(H,10,11). The molecule has 0 radical (unpaired) electrons. The smallest absolute Gasteiger partial charge is 0.422 e. The SMILES string of the molecule is CC(C)=CC(C)(C)OC(=O)NN. The number of amides is 1. The van der Waals surface area contributed by atoms with Gasteiger partial charge in [-0.15, -0.1) is 0 Å². The summed E-state index contributed by atoms with van der Waals surface area (Å²) in [5, 5.41) is 0. The molecular formula is C8H16N2O2. The molecule has 12 heavy (non-hydrogen) atoms. The molecule has 0 unspecified atom stereocenters. The number of carbonyl (C=O) groups excluding carboxylic acids is 1. The van der Waals surface area contributed by atoms with Gasteiger partial charge in [0.15, 0.2) is 0 Å². The van der Waals surface area contributed by atoms with Crippen molar-refractivity contribution >= 4 is 6.09 Å². The van der Waals surface area contributed by atoms with Gasteiger partial charge in [-0.05, 0) is 33.8 Å². The maximum atomic E-state index is 10.7. The van der Waals surface area contributed by atoms with Crippen LogP contribution in [0.5, 0.6) is 0 Å². The molecule has 0 spiro atoms. The largest absolute Gasteiger partial charge is 0.438 e. The van der Waals surface area contributed by atoms with Gasteiger partial charge in [-0.2, -0.15) is 0 Å². The van der Waals surface area contributed by atoms with Crippen LogP contribution in [-0.2, 0) is 4.74 Å². The van der Waals surface area contributed by atoms with E-state index in [1.807, 2.05) is 25.3 Å².